The van der Waals surface area contributed by atoms with Crippen LogP contribution in [0.3, 0.4) is 0 Å². The highest BCUT2D eigenvalue weighted by Crippen LogP contribution is 2.39. The Bertz CT molecular complexity index is 365. The first-order valence-corrected chi connectivity index (χ1v) is 9.02. The lowest BCUT2D eigenvalue weighted by Gasteiger charge is -2.34. The van der Waals surface area contributed by atoms with E-state index in [4.69, 9.17) is 0 Å². The molecule has 0 amide bonds. The van der Waals surface area contributed by atoms with Crippen molar-refractivity contribution in [1.82, 2.24) is 10.2 Å². The van der Waals surface area contributed by atoms with Crippen molar-refractivity contribution < 1.29 is 0 Å². The Kier molecular flexibility index (Phi) is 11.4. The smallest absolute Gasteiger partial charge is 0.0843 e. The Labute approximate surface area is 155 Å². The minimum absolute atomic E-state index is 0. The van der Waals surface area contributed by atoms with Crippen molar-refractivity contribution in [1.29, 1.82) is 0 Å². The highest BCUT2D eigenvalue weighted by Gasteiger charge is 2.23. The number of nitrogens with zero attached hydrogens (tertiary/aromatic N) is 1. The van der Waals surface area contributed by atoms with Gasteiger partial charge in [0.2, 0.25) is 0 Å². The molecular weight excluding hydrogens is 447 g/mol. The summed E-state index contributed by atoms with van der Waals surface area (Å²) in [7, 11) is 0. The summed E-state index contributed by atoms with van der Waals surface area (Å²) in [5.74, 6) is 0. The summed E-state index contributed by atoms with van der Waals surface area (Å²) in [4.78, 5) is 4.13. The molecule has 0 unspecified atom stereocenters. The van der Waals surface area contributed by atoms with Crippen LogP contribution in [0.4, 0.5) is 0 Å². The summed E-state index contributed by atoms with van der Waals surface area (Å²) in [5.41, 5.74) is 0. The normalized spacial score (nSPS) is 17.1. The predicted molar refractivity (Wildman–Crippen MR) is 101 cm³/mol. The van der Waals surface area contributed by atoms with Crippen LogP contribution in [0, 0.1) is 0 Å². The third kappa shape index (κ3) is 5.75. The lowest BCUT2D eigenvalue weighted by Crippen LogP contribution is -2.45. The Morgan fingerprint density at radius 3 is 2.45 bits per heavy atom. The Hall–Kier alpha value is 1.16. The van der Waals surface area contributed by atoms with Gasteiger partial charge in [0.15, 0.2) is 0 Å². The zero-order valence-corrected chi connectivity index (χ0v) is 17.2. The second-order valence-corrected chi connectivity index (χ2v) is 7.97. The maximum atomic E-state index is 3.62. The number of nitrogens with one attached hydrogen (secondary N) is 1. The molecular formula is C13H22Br2Cl2N2S. The van der Waals surface area contributed by atoms with Crippen LogP contribution in [-0.4, -0.2) is 31.1 Å². The van der Waals surface area contributed by atoms with Crippen LogP contribution in [-0.2, 0) is 0 Å². The summed E-state index contributed by atoms with van der Waals surface area (Å²) in [6, 6.07) is 2.89. The second kappa shape index (κ2) is 10.8. The molecule has 0 saturated carbocycles. The average Bonchev–Trinajstić information content (AvgIpc) is 2.71. The van der Waals surface area contributed by atoms with E-state index >= 15 is 0 Å². The molecule has 1 fully saturated rings. The van der Waals surface area contributed by atoms with Gasteiger partial charge in [-0.2, -0.15) is 0 Å². The van der Waals surface area contributed by atoms with Crippen LogP contribution in [0.1, 0.15) is 37.1 Å². The monoisotopic (exact) mass is 466 g/mol. The molecule has 0 radical (unpaired) electrons. The van der Waals surface area contributed by atoms with Crippen molar-refractivity contribution in [3.05, 3.63) is 19.2 Å². The number of thiophene rings is 1. The van der Waals surface area contributed by atoms with Gasteiger partial charge in [0.1, 0.15) is 0 Å². The second-order valence-electron chi connectivity index (χ2n) is 4.71. The van der Waals surface area contributed by atoms with Gasteiger partial charge in [0, 0.05) is 41.6 Å². The molecule has 1 aliphatic rings. The molecule has 0 bridgehead atoms. The third-order valence-corrected chi connectivity index (χ3v) is 6.77. The maximum Gasteiger partial charge on any atom is 0.0843 e. The maximum absolute atomic E-state index is 3.62. The molecule has 1 aromatic rings. The van der Waals surface area contributed by atoms with Crippen LogP contribution in [0.5, 0.6) is 0 Å². The quantitative estimate of drug-likeness (QED) is 0.634. The lowest BCUT2D eigenvalue weighted by molar-refractivity contribution is 0.165. The number of piperazine rings is 1. The van der Waals surface area contributed by atoms with Crippen LogP contribution in [0.2, 0.25) is 0 Å². The molecule has 1 aromatic heterocycles. The fourth-order valence-electron chi connectivity index (χ4n) is 2.42. The molecule has 1 atom stereocenters. The Morgan fingerprint density at radius 1 is 1.30 bits per heavy atom. The van der Waals surface area contributed by atoms with Gasteiger partial charge >= 0.3 is 0 Å². The Morgan fingerprint density at radius 2 is 1.95 bits per heavy atom. The summed E-state index contributed by atoms with van der Waals surface area (Å²) in [5, 5.41) is 3.44. The van der Waals surface area contributed by atoms with Crippen molar-refractivity contribution in [2.24, 2.45) is 0 Å². The van der Waals surface area contributed by atoms with E-state index in [1.165, 1.54) is 45.5 Å². The molecule has 118 valence electrons. The number of unbranched alkanes of at least 4 members (excludes halogenated alkanes) is 1. The van der Waals surface area contributed by atoms with E-state index in [2.05, 4.69) is 55.1 Å². The zero-order chi connectivity index (χ0) is 13.0. The van der Waals surface area contributed by atoms with Gasteiger partial charge in [-0.05, 0) is 44.3 Å². The summed E-state index contributed by atoms with van der Waals surface area (Å²) in [6.07, 6.45) is 3.86. The Balaban J connectivity index is 0.00000180. The van der Waals surface area contributed by atoms with E-state index in [1.54, 1.807) is 0 Å². The number of hydrogen-bond donors (Lipinski definition) is 1. The molecule has 2 nitrogen and oxygen atoms in total. The zero-order valence-electron chi connectivity index (χ0n) is 11.5. The number of rotatable bonds is 5. The molecule has 7 heteroatoms. The van der Waals surface area contributed by atoms with E-state index in [0.29, 0.717) is 6.04 Å². The molecule has 1 N–H and O–H groups in total. The molecule has 1 aliphatic heterocycles. The van der Waals surface area contributed by atoms with Gasteiger partial charge < -0.3 is 5.32 Å². The van der Waals surface area contributed by atoms with Gasteiger partial charge in [0.25, 0.3) is 0 Å². The summed E-state index contributed by atoms with van der Waals surface area (Å²) < 4.78 is 2.41. The first-order valence-electron chi connectivity index (χ1n) is 6.62. The van der Waals surface area contributed by atoms with Crippen molar-refractivity contribution in [2.75, 3.05) is 26.2 Å². The topological polar surface area (TPSA) is 15.3 Å². The van der Waals surface area contributed by atoms with Crippen LogP contribution >= 0.6 is 68.0 Å². The van der Waals surface area contributed by atoms with Crippen LogP contribution in [0.25, 0.3) is 0 Å². The first kappa shape index (κ1) is 21.2. The molecule has 2 rings (SSSR count). The van der Waals surface area contributed by atoms with E-state index < -0.39 is 0 Å². The molecule has 0 aliphatic carbocycles. The number of halogens is 4. The fraction of sp³-hybridized carbons (Fsp3) is 0.692. The van der Waals surface area contributed by atoms with Gasteiger partial charge in [-0.3, -0.25) is 4.90 Å². The number of hydrogen-bond acceptors (Lipinski definition) is 3. The van der Waals surface area contributed by atoms with E-state index in [9.17, 15) is 0 Å². The summed E-state index contributed by atoms with van der Waals surface area (Å²) in [6.45, 7) is 6.85. The molecule has 1 saturated heterocycles. The lowest BCUT2D eigenvalue weighted by atomic mass is 10.1. The average molecular weight is 469 g/mol. The van der Waals surface area contributed by atoms with Gasteiger partial charge in [0.05, 0.1) is 3.79 Å². The molecule has 0 spiro atoms. The van der Waals surface area contributed by atoms with Crippen molar-refractivity contribution >= 4 is 68.0 Å². The first-order chi connectivity index (χ1) is 8.72. The standard InChI is InChI=1S/C13H20Br2N2S.2ClH/c1-2-3-4-11(17-7-5-16-6-8-17)12-9-10(14)13(15)18-12;;/h9,11,16H,2-8H2,1H3;2*1H/t11-;;/m0../s1. The molecule has 20 heavy (non-hydrogen) atoms. The molecule has 0 aromatic carbocycles. The minimum Gasteiger partial charge on any atom is -0.314 e. The van der Waals surface area contributed by atoms with E-state index in [-0.39, 0.29) is 24.8 Å². The van der Waals surface area contributed by atoms with Gasteiger partial charge in [-0.25, -0.2) is 0 Å². The largest absolute Gasteiger partial charge is 0.314 e. The van der Waals surface area contributed by atoms with Crippen molar-refractivity contribution in [3.8, 4) is 0 Å². The van der Waals surface area contributed by atoms with Crippen LogP contribution < -0.4 is 5.32 Å². The highest BCUT2D eigenvalue weighted by atomic mass is 79.9. The fourth-order valence-corrected chi connectivity index (χ4v) is 4.68. The minimum atomic E-state index is 0. The summed E-state index contributed by atoms with van der Waals surface area (Å²) >= 11 is 9.10. The predicted octanol–water partition coefficient (Wildman–Crippen LogP) is 5.25. The third-order valence-electron chi connectivity index (χ3n) is 3.42. The van der Waals surface area contributed by atoms with E-state index in [1.807, 2.05) is 11.3 Å². The van der Waals surface area contributed by atoms with Gasteiger partial charge in [-0.15, -0.1) is 36.2 Å². The van der Waals surface area contributed by atoms with Crippen LogP contribution in [0.15, 0.2) is 14.3 Å². The van der Waals surface area contributed by atoms with Crippen molar-refractivity contribution in [3.63, 3.8) is 0 Å². The highest BCUT2D eigenvalue weighted by molar-refractivity contribution is 9.13. The van der Waals surface area contributed by atoms with Gasteiger partial charge in [-0.1, -0.05) is 19.8 Å². The molecule has 2 heterocycles. The van der Waals surface area contributed by atoms with E-state index in [0.717, 1.165) is 13.1 Å². The SMILES string of the molecule is CCCC[C@@H](c1cc(Br)c(Br)s1)N1CCNCC1.Cl.Cl. The van der Waals surface area contributed by atoms with Crippen molar-refractivity contribution in [2.45, 2.75) is 32.2 Å².